The lowest BCUT2D eigenvalue weighted by Gasteiger charge is -2.05. The van der Waals surface area contributed by atoms with Crippen molar-refractivity contribution < 1.29 is 9.53 Å². The lowest BCUT2D eigenvalue weighted by molar-refractivity contribution is -0.146. The van der Waals surface area contributed by atoms with Crippen molar-refractivity contribution in [3.8, 4) is 12.3 Å². The first-order valence-corrected chi connectivity index (χ1v) is 5.76. The number of terminal acetylenes is 1. The van der Waals surface area contributed by atoms with E-state index in [0.29, 0.717) is 18.3 Å². The Bertz CT molecular complexity index is 250. The number of esters is 1. The van der Waals surface area contributed by atoms with E-state index in [1.165, 1.54) is 0 Å². The fraction of sp³-hybridized carbons (Fsp3) is 0.769. The third-order valence-electron chi connectivity index (χ3n) is 2.61. The van der Waals surface area contributed by atoms with Crippen LogP contribution in [0.15, 0.2) is 0 Å². The summed E-state index contributed by atoms with van der Waals surface area (Å²) in [5, 5.41) is 0. The third-order valence-corrected chi connectivity index (χ3v) is 2.61. The summed E-state index contributed by atoms with van der Waals surface area (Å²) in [6.45, 7) is 4.05. The molecule has 0 spiro atoms. The van der Waals surface area contributed by atoms with Crippen LogP contribution in [0.4, 0.5) is 0 Å². The van der Waals surface area contributed by atoms with Crippen LogP contribution >= 0.6 is 0 Å². The lowest BCUT2D eigenvalue weighted by atomic mass is 10.1. The highest BCUT2D eigenvalue weighted by atomic mass is 16.5. The van der Waals surface area contributed by atoms with Crippen LogP contribution in [0.3, 0.4) is 0 Å². The molecule has 0 amide bonds. The quantitative estimate of drug-likeness (QED) is 0.381. The molecule has 2 heteroatoms. The van der Waals surface area contributed by atoms with E-state index in [4.69, 9.17) is 11.2 Å². The molecule has 0 aromatic carbocycles. The SMILES string of the molecule is C#CCCC[C@@H]1C[C@H]1OC(=O)CC(C)C. The van der Waals surface area contributed by atoms with Gasteiger partial charge in [-0.1, -0.05) is 13.8 Å². The molecular formula is C13H20O2. The van der Waals surface area contributed by atoms with Crippen molar-refractivity contribution in [1.29, 1.82) is 0 Å². The first-order chi connectivity index (χ1) is 7.13. The maximum absolute atomic E-state index is 11.3. The van der Waals surface area contributed by atoms with Crippen LogP contribution in [0, 0.1) is 24.2 Å². The Kier molecular flexibility index (Phi) is 4.68. The number of ether oxygens (including phenoxy) is 1. The average Bonchev–Trinajstić information content (AvgIpc) is 2.82. The molecule has 0 aromatic rings. The van der Waals surface area contributed by atoms with E-state index in [2.05, 4.69) is 5.92 Å². The van der Waals surface area contributed by atoms with E-state index < -0.39 is 0 Å². The molecule has 0 aliphatic heterocycles. The molecule has 0 heterocycles. The molecule has 0 radical (unpaired) electrons. The Hall–Kier alpha value is -0.970. The second-order valence-corrected chi connectivity index (χ2v) is 4.72. The molecule has 0 aromatic heterocycles. The van der Waals surface area contributed by atoms with Gasteiger partial charge in [-0.05, 0) is 31.1 Å². The molecule has 15 heavy (non-hydrogen) atoms. The number of rotatable bonds is 6. The van der Waals surface area contributed by atoms with E-state index in [1.807, 2.05) is 13.8 Å². The molecule has 2 nitrogen and oxygen atoms in total. The Morgan fingerprint density at radius 1 is 1.60 bits per heavy atom. The van der Waals surface area contributed by atoms with Crippen molar-refractivity contribution >= 4 is 5.97 Å². The van der Waals surface area contributed by atoms with Crippen LogP contribution in [0.2, 0.25) is 0 Å². The second kappa shape index (κ2) is 5.80. The van der Waals surface area contributed by atoms with Crippen molar-refractivity contribution in [3.63, 3.8) is 0 Å². The van der Waals surface area contributed by atoms with Gasteiger partial charge in [-0.15, -0.1) is 12.3 Å². The maximum Gasteiger partial charge on any atom is 0.306 e. The highest BCUT2D eigenvalue weighted by molar-refractivity contribution is 5.70. The molecule has 1 fully saturated rings. The summed E-state index contributed by atoms with van der Waals surface area (Å²) in [6, 6.07) is 0. The topological polar surface area (TPSA) is 26.3 Å². The van der Waals surface area contributed by atoms with E-state index in [9.17, 15) is 4.79 Å². The summed E-state index contributed by atoms with van der Waals surface area (Å²) in [5.41, 5.74) is 0. The zero-order valence-corrected chi connectivity index (χ0v) is 9.66. The molecule has 2 atom stereocenters. The molecule has 0 bridgehead atoms. The minimum absolute atomic E-state index is 0.0468. The molecule has 1 rings (SSSR count). The summed E-state index contributed by atoms with van der Waals surface area (Å²) in [7, 11) is 0. The smallest absolute Gasteiger partial charge is 0.306 e. The van der Waals surface area contributed by atoms with Crippen LogP contribution in [0.25, 0.3) is 0 Å². The Balaban J connectivity index is 2.06. The van der Waals surface area contributed by atoms with Crippen LogP contribution in [0.5, 0.6) is 0 Å². The molecule has 0 N–H and O–H groups in total. The van der Waals surface area contributed by atoms with Gasteiger partial charge in [-0.25, -0.2) is 0 Å². The number of hydrogen-bond donors (Lipinski definition) is 0. The maximum atomic E-state index is 11.3. The molecule has 0 unspecified atom stereocenters. The zero-order chi connectivity index (χ0) is 11.3. The van der Waals surface area contributed by atoms with Gasteiger partial charge in [0.15, 0.2) is 0 Å². The predicted molar refractivity (Wildman–Crippen MR) is 60.1 cm³/mol. The van der Waals surface area contributed by atoms with Crippen molar-refractivity contribution in [2.24, 2.45) is 11.8 Å². The minimum atomic E-state index is -0.0468. The normalized spacial score (nSPS) is 23.6. The van der Waals surface area contributed by atoms with Gasteiger partial charge in [0, 0.05) is 12.8 Å². The molecular weight excluding hydrogens is 188 g/mol. The van der Waals surface area contributed by atoms with Crippen molar-refractivity contribution in [2.75, 3.05) is 0 Å². The molecule has 1 saturated carbocycles. The van der Waals surface area contributed by atoms with E-state index in [1.54, 1.807) is 0 Å². The van der Waals surface area contributed by atoms with Gasteiger partial charge in [0.1, 0.15) is 6.10 Å². The van der Waals surface area contributed by atoms with Crippen LogP contribution in [-0.2, 0) is 9.53 Å². The van der Waals surface area contributed by atoms with Gasteiger partial charge in [-0.2, -0.15) is 0 Å². The highest BCUT2D eigenvalue weighted by Gasteiger charge is 2.39. The lowest BCUT2D eigenvalue weighted by Crippen LogP contribution is -2.10. The van der Waals surface area contributed by atoms with Crippen LogP contribution in [-0.4, -0.2) is 12.1 Å². The summed E-state index contributed by atoms with van der Waals surface area (Å²) in [4.78, 5) is 11.3. The second-order valence-electron chi connectivity index (χ2n) is 4.72. The monoisotopic (exact) mass is 208 g/mol. The fourth-order valence-corrected chi connectivity index (χ4v) is 1.68. The molecule has 1 aliphatic carbocycles. The summed E-state index contributed by atoms with van der Waals surface area (Å²) in [5.74, 6) is 3.54. The summed E-state index contributed by atoms with van der Waals surface area (Å²) < 4.78 is 5.32. The predicted octanol–water partition coefficient (Wildman–Crippen LogP) is 2.77. The minimum Gasteiger partial charge on any atom is -0.462 e. The fourth-order valence-electron chi connectivity index (χ4n) is 1.68. The Labute approximate surface area is 92.4 Å². The van der Waals surface area contributed by atoms with E-state index in [0.717, 1.165) is 25.7 Å². The molecule has 84 valence electrons. The first kappa shape index (κ1) is 12.1. The van der Waals surface area contributed by atoms with E-state index in [-0.39, 0.29) is 12.1 Å². The standard InChI is InChI=1S/C13H20O2/c1-4-5-6-7-11-9-12(11)15-13(14)8-10(2)3/h1,10-12H,5-9H2,2-3H3/t11-,12-/m1/s1. The van der Waals surface area contributed by atoms with Gasteiger partial charge < -0.3 is 4.74 Å². The molecule has 1 aliphatic rings. The summed E-state index contributed by atoms with van der Waals surface area (Å²) >= 11 is 0. The van der Waals surface area contributed by atoms with Gasteiger partial charge in [0.2, 0.25) is 0 Å². The highest BCUT2D eigenvalue weighted by Crippen LogP contribution is 2.38. The number of carbonyl (C=O) groups excluding carboxylic acids is 1. The number of carbonyl (C=O) groups is 1. The van der Waals surface area contributed by atoms with Gasteiger partial charge in [0.05, 0.1) is 0 Å². The van der Waals surface area contributed by atoms with Crippen molar-refractivity contribution in [2.45, 2.75) is 52.1 Å². The summed E-state index contributed by atoms with van der Waals surface area (Å²) in [6.07, 6.45) is 9.92. The first-order valence-electron chi connectivity index (χ1n) is 5.76. The molecule has 0 saturated heterocycles. The Morgan fingerprint density at radius 3 is 2.93 bits per heavy atom. The van der Waals surface area contributed by atoms with Gasteiger partial charge in [0.25, 0.3) is 0 Å². The van der Waals surface area contributed by atoms with E-state index >= 15 is 0 Å². The largest absolute Gasteiger partial charge is 0.462 e. The number of unbranched alkanes of at least 4 members (excludes halogenated alkanes) is 1. The van der Waals surface area contributed by atoms with Crippen molar-refractivity contribution in [3.05, 3.63) is 0 Å². The van der Waals surface area contributed by atoms with Gasteiger partial charge in [-0.3, -0.25) is 4.79 Å². The average molecular weight is 208 g/mol. The number of hydrogen-bond acceptors (Lipinski definition) is 2. The van der Waals surface area contributed by atoms with Gasteiger partial charge >= 0.3 is 5.97 Å². The van der Waals surface area contributed by atoms with Crippen molar-refractivity contribution in [1.82, 2.24) is 0 Å². The van der Waals surface area contributed by atoms with Crippen LogP contribution < -0.4 is 0 Å². The van der Waals surface area contributed by atoms with Crippen LogP contribution in [0.1, 0.15) is 46.0 Å². The third kappa shape index (κ3) is 4.88. The zero-order valence-electron chi connectivity index (χ0n) is 9.66. The Morgan fingerprint density at radius 2 is 2.33 bits per heavy atom.